The van der Waals surface area contributed by atoms with Crippen molar-refractivity contribution in [2.24, 2.45) is 23.7 Å². The molecule has 54 heavy (non-hydrogen) atoms. The van der Waals surface area contributed by atoms with Crippen LogP contribution in [0.4, 0.5) is 0 Å². The molecule has 4 nitrogen and oxygen atoms in total. The lowest BCUT2D eigenvalue weighted by atomic mass is 9.43. The highest BCUT2D eigenvalue weighted by molar-refractivity contribution is 7.26. The molecule has 5 heteroatoms. The molecule has 5 aliphatic carbocycles. The Morgan fingerprint density at radius 1 is 0.519 bits per heavy atom. The number of para-hydroxylation sites is 1. The Kier molecular flexibility index (Phi) is 5.92. The molecule has 258 valence electrons. The zero-order valence-electron chi connectivity index (χ0n) is 29.6. The largest absolute Gasteiger partial charge is 0.456 e. The molecule has 0 saturated heterocycles. The molecule has 14 rings (SSSR count). The molecule has 4 bridgehead atoms. The predicted molar refractivity (Wildman–Crippen MR) is 220 cm³/mol. The summed E-state index contributed by atoms with van der Waals surface area (Å²) in [5.74, 6) is 5.08. The van der Waals surface area contributed by atoms with Crippen LogP contribution in [0.25, 0.3) is 87.4 Å². The van der Waals surface area contributed by atoms with Crippen molar-refractivity contribution >= 4 is 53.4 Å². The minimum Gasteiger partial charge on any atom is -0.456 e. The number of hydrogen-bond donors (Lipinski definition) is 0. The molecule has 0 radical (unpaired) electrons. The van der Waals surface area contributed by atoms with Crippen LogP contribution >= 0.6 is 11.3 Å². The monoisotopic (exact) mass is 713 g/mol. The number of nitrogens with zero attached hydrogens (tertiary/aromatic N) is 3. The highest BCUT2D eigenvalue weighted by atomic mass is 32.1. The topological polar surface area (TPSA) is 51.8 Å². The Bertz CT molecular complexity index is 3000. The minimum atomic E-state index is -0.0545. The summed E-state index contributed by atoms with van der Waals surface area (Å²) in [7, 11) is 0. The van der Waals surface area contributed by atoms with Gasteiger partial charge in [-0.1, -0.05) is 97.1 Å². The number of thiophene rings is 1. The number of benzene rings is 6. The molecule has 4 fully saturated rings. The third-order valence-corrected chi connectivity index (χ3v) is 14.9. The SMILES string of the molecule is c1ccc(-c2nc(-c3ccc4c(c3)C3(c5c-4ccc4oc6ccccc6c54)C4CC5CC(C4)CC3C5)nc(-c3cccc4c3sc3ccccc34)n2)cc1. The fourth-order valence-corrected chi connectivity index (χ4v) is 13.1. The van der Waals surface area contributed by atoms with E-state index in [9.17, 15) is 0 Å². The van der Waals surface area contributed by atoms with E-state index < -0.39 is 0 Å². The van der Waals surface area contributed by atoms with Crippen molar-refractivity contribution in [3.8, 4) is 45.3 Å². The highest BCUT2D eigenvalue weighted by Gasteiger charge is 2.62. The second kappa shape index (κ2) is 10.7. The lowest BCUT2D eigenvalue weighted by Gasteiger charge is -2.61. The van der Waals surface area contributed by atoms with Gasteiger partial charge in [-0.15, -0.1) is 11.3 Å². The lowest BCUT2D eigenvalue weighted by Crippen LogP contribution is -2.55. The Morgan fingerprint density at radius 3 is 2.04 bits per heavy atom. The summed E-state index contributed by atoms with van der Waals surface area (Å²) < 4.78 is 9.08. The highest BCUT2D eigenvalue weighted by Crippen LogP contribution is 2.70. The van der Waals surface area contributed by atoms with Gasteiger partial charge in [0.2, 0.25) is 0 Å². The van der Waals surface area contributed by atoms with Gasteiger partial charge in [0, 0.05) is 53.1 Å². The molecule has 0 atom stereocenters. The Labute approximate surface area is 316 Å². The number of fused-ring (bicyclic) bond motifs is 10. The van der Waals surface area contributed by atoms with Crippen LogP contribution in [0.1, 0.15) is 43.2 Å². The predicted octanol–water partition coefficient (Wildman–Crippen LogP) is 12.9. The van der Waals surface area contributed by atoms with E-state index >= 15 is 0 Å². The Morgan fingerprint density at radius 2 is 1.20 bits per heavy atom. The van der Waals surface area contributed by atoms with Gasteiger partial charge in [0.15, 0.2) is 17.5 Å². The van der Waals surface area contributed by atoms with E-state index in [1.807, 2.05) is 17.4 Å². The second-order valence-corrected chi connectivity index (χ2v) is 17.4. The van der Waals surface area contributed by atoms with Crippen molar-refractivity contribution in [1.29, 1.82) is 0 Å². The van der Waals surface area contributed by atoms with Crippen LogP contribution < -0.4 is 0 Å². The molecule has 3 heterocycles. The first-order chi connectivity index (χ1) is 26.7. The quantitative estimate of drug-likeness (QED) is 0.183. The maximum atomic E-state index is 6.59. The van der Waals surface area contributed by atoms with E-state index in [4.69, 9.17) is 19.4 Å². The maximum Gasteiger partial charge on any atom is 0.165 e. The van der Waals surface area contributed by atoms with Gasteiger partial charge < -0.3 is 4.42 Å². The van der Waals surface area contributed by atoms with E-state index in [1.54, 1.807) is 0 Å². The normalized spacial score (nSPS) is 23.6. The van der Waals surface area contributed by atoms with Crippen LogP contribution in [-0.4, -0.2) is 15.0 Å². The molecule has 6 aromatic carbocycles. The van der Waals surface area contributed by atoms with E-state index in [2.05, 4.69) is 121 Å². The number of aromatic nitrogens is 3. The van der Waals surface area contributed by atoms with Crippen molar-refractivity contribution in [2.45, 2.75) is 37.5 Å². The van der Waals surface area contributed by atoms with Crippen molar-refractivity contribution in [3.63, 3.8) is 0 Å². The molecular weight excluding hydrogens is 679 g/mol. The molecule has 0 aliphatic heterocycles. The van der Waals surface area contributed by atoms with Crippen molar-refractivity contribution in [2.75, 3.05) is 0 Å². The molecule has 1 spiro atoms. The van der Waals surface area contributed by atoms with Gasteiger partial charge in [0.05, 0.1) is 0 Å². The first kappa shape index (κ1) is 29.8. The Balaban J connectivity index is 1.06. The standard InChI is InChI=1S/C49H35N3OS/c1-2-9-29(10-3-1)46-50-47(52-48(51-46)38-14-8-13-36-34-11-5-7-16-42(34)54-45(36)38)30-17-18-33-35-19-20-41-43(37-12-4-6-15-40(37)53-41)44(35)49(39(33)26-30)31-22-27-21-28(24-31)25-32(49)23-27/h1-20,26-28,31-32H,21-25H2. The zero-order chi connectivity index (χ0) is 35.1. The van der Waals surface area contributed by atoms with Crippen LogP contribution in [-0.2, 0) is 5.41 Å². The summed E-state index contributed by atoms with van der Waals surface area (Å²) in [6, 6.07) is 46.0. The van der Waals surface area contributed by atoms with Crippen molar-refractivity contribution in [1.82, 2.24) is 15.0 Å². The van der Waals surface area contributed by atoms with Crippen LogP contribution in [0.3, 0.4) is 0 Å². The van der Waals surface area contributed by atoms with Crippen LogP contribution in [0.15, 0.2) is 132 Å². The summed E-state index contributed by atoms with van der Waals surface area (Å²) in [6.07, 6.45) is 6.68. The molecule has 0 amide bonds. The molecular formula is C49H35N3OS. The van der Waals surface area contributed by atoms with Gasteiger partial charge in [-0.2, -0.15) is 0 Å². The minimum absolute atomic E-state index is 0.0545. The van der Waals surface area contributed by atoms with Crippen LogP contribution in [0, 0.1) is 23.7 Å². The molecule has 4 saturated carbocycles. The van der Waals surface area contributed by atoms with Crippen LogP contribution in [0.5, 0.6) is 0 Å². The maximum absolute atomic E-state index is 6.59. The molecule has 9 aromatic rings. The number of rotatable bonds is 3. The van der Waals surface area contributed by atoms with Gasteiger partial charge in [0.25, 0.3) is 0 Å². The summed E-state index contributed by atoms with van der Waals surface area (Å²) in [5, 5.41) is 5.10. The van der Waals surface area contributed by atoms with E-state index in [0.717, 1.165) is 51.3 Å². The third-order valence-electron chi connectivity index (χ3n) is 13.7. The van der Waals surface area contributed by atoms with E-state index in [-0.39, 0.29) is 5.41 Å². The third kappa shape index (κ3) is 3.90. The fourth-order valence-electron chi connectivity index (χ4n) is 11.9. The summed E-state index contributed by atoms with van der Waals surface area (Å²) >= 11 is 1.82. The summed E-state index contributed by atoms with van der Waals surface area (Å²) in [6.45, 7) is 0. The summed E-state index contributed by atoms with van der Waals surface area (Å²) in [4.78, 5) is 15.8. The lowest BCUT2D eigenvalue weighted by molar-refractivity contribution is -0.0393. The average Bonchev–Trinajstić information content (AvgIpc) is 3.88. The smallest absolute Gasteiger partial charge is 0.165 e. The van der Waals surface area contributed by atoms with Gasteiger partial charge in [-0.3, -0.25) is 0 Å². The van der Waals surface area contributed by atoms with Crippen LogP contribution in [0.2, 0.25) is 0 Å². The first-order valence-electron chi connectivity index (χ1n) is 19.5. The number of furan rings is 1. The van der Waals surface area contributed by atoms with E-state index in [1.165, 1.54) is 85.3 Å². The molecule has 0 N–H and O–H groups in total. The van der Waals surface area contributed by atoms with Gasteiger partial charge in [-0.05, 0) is 108 Å². The summed E-state index contributed by atoms with van der Waals surface area (Å²) in [5.41, 5.74) is 10.8. The average molecular weight is 714 g/mol. The molecule has 5 aliphatic rings. The molecule has 3 aromatic heterocycles. The number of hydrogen-bond acceptors (Lipinski definition) is 5. The van der Waals surface area contributed by atoms with Crippen molar-refractivity contribution in [3.05, 3.63) is 139 Å². The van der Waals surface area contributed by atoms with Gasteiger partial charge in [-0.25, -0.2) is 15.0 Å². The first-order valence-corrected chi connectivity index (χ1v) is 20.3. The fraction of sp³-hybridized carbons (Fsp3) is 0.204. The van der Waals surface area contributed by atoms with Gasteiger partial charge in [0.1, 0.15) is 11.2 Å². The van der Waals surface area contributed by atoms with Crippen molar-refractivity contribution < 1.29 is 4.42 Å². The Hall–Kier alpha value is -5.65. The molecule has 0 unspecified atom stereocenters. The zero-order valence-corrected chi connectivity index (χ0v) is 30.4. The van der Waals surface area contributed by atoms with Gasteiger partial charge >= 0.3 is 0 Å². The van der Waals surface area contributed by atoms with E-state index in [0.29, 0.717) is 17.7 Å². The second-order valence-electron chi connectivity index (χ2n) is 16.3.